The van der Waals surface area contributed by atoms with Crippen molar-refractivity contribution in [2.45, 2.75) is 33.1 Å². The van der Waals surface area contributed by atoms with Gasteiger partial charge in [-0.25, -0.2) is 9.97 Å². The molecule has 1 saturated heterocycles. The molecule has 1 aromatic heterocycles. The summed E-state index contributed by atoms with van der Waals surface area (Å²) < 4.78 is 5.31. The minimum atomic E-state index is -0.0289. The Morgan fingerprint density at radius 1 is 1.35 bits per heavy atom. The first-order valence-electron chi connectivity index (χ1n) is 8.29. The number of nitrogens with zero attached hydrogens (tertiary/aromatic N) is 3. The molecule has 1 aliphatic rings. The number of hydrogen-bond acceptors (Lipinski definition) is 5. The zero-order valence-electron chi connectivity index (χ0n) is 14.2. The van der Waals surface area contributed by atoms with E-state index in [4.69, 9.17) is 14.7 Å². The van der Waals surface area contributed by atoms with Crippen LogP contribution >= 0.6 is 0 Å². The van der Waals surface area contributed by atoms with E-state index in [-0.39, 0.29) is 12.0 Å². The summed E-state index contributed by atoms with van der Waals surface area (Å²) in [6, 6.07) is 5.90. The standard InChI is InChI=1S/C18H25N3O2/c1-4-18(12-22)8-5-9-21(11-18)17-19-13(2)15-7-6-14(23-3)10-16(15)20-17/h6-7,10,22H,4-5,8-9,11-12H2,1-3H3/t18-/m1/s1. The van der Waals surface area contributed by atoms with Crippen LogP contribution in [0.2, 0.25) is 0 Å². The number of aromatic nitrogens is 2. The van der Waals surface area contributed by atoms with E-state index < -0.39 is 0 Å². The molecular formula is C18H25N3O2. The summed E-state index contributed by atoms with van der Waals surface area (Å²) in [7, 11) is 1.66. The molecule has 0 unspecified atom stereocenters. The molecule has 124 valence electrons. The van der Waals surface area contributed by atoms with Crippen LogP contribution < -0.4 is 9.64 Å². The summed E-state index contributed by atoms with van der Waals surface area (Å²) >= 11 is 0. The van der Waals surface area contributed by atoms with Crippen LogP contribution in [0.1, 0.15) is 31.9 Å². The summed E-state index contributed by atoms with van der Waals surface area (Å²) in [5, 5.41) is 10.9. The van der Waals surface area contributed by atoms with Gasteiger partial charge >= 0.3 is 0 Å². The minimum Gasteiger partial charge on any atom is -0.497 e. The molecule has 1 atom stereocenters. The van der Waals surface area contributed by atoms with Crippen molar-refractivity contribution in [2.24, 2.45) is 5.41 Å². The van der Waals surface area contributed by atoms with Gasteiger partial charge in [0.25, 0.3) is 0 Å². The number of rotatable bonds is 4. The largest absolute Gasteiger partial charge is 0.497 e. The SMILES string of the molecule is CC[C@@]1(CO)CCCN(c2nc(C)c3ccc(OC)cc3n2)C1. The van der Waals surface area contributed by atoms with Crippen LogP contribution in [0, 0.1) is 12.3 Å². The molecule has 1 aromatic carbocycles. The molecule has 3 rings (SSSR count). The maximum atomic E-state index is 9.82. The summed E-state index contributed by atoms with van der Waals surface area (Å²) in [5.41, 5.74) is 1.85. The van der Waals surface area contributed by atoms with Gasteiger partial charge in [-0.15, -0.1) is 0 Å². The van der Waals surface area contributed by atoms with Crippen molar-refractivity contribution in [3.05, 3.63) is 23.9 Å². The van der Waals surface area contributed by atoms with Crippen LogP contribution in [0.3, 0.4) is 0 Å². The Kier molecular flexibility index (Phi) is 4.39. The molecule has 0 aliphatic carbocycles. The molecule has 0 bridgehead atoms. The van der Waals surface area contributed by atoms with Gasteiger partial charge in [0.1, 0.15) is 5.75 Å². The molecule has 2 aromatic rings. The van der Waals surface area contributed by atoms with Gasteiger partial charge < -0.3 is 14.7 Å². The predicted molar refractivity (Wildman–Crippen MR) is 92.1 cm³/mol. The zero-order chi connectivity index (χ0) is 16.4. The van der Waals surface area contributed by atoms with Gasteiger partial charge in [0, 0.05) is 30.0 Å². The van der Waals surface area contributed by atoms with E-state index in [1.54, 1.807) is 7.11 Å². The van der Waals surface area contributed by atoms with Gasteiger partial charge in [0.2, 0.25) is 5.95 Å². The smallest absolute Gasteiger partial charge is 0.226 e. The molecule has 0 radical (unpaired) electrons. The van der Waals surface area contributed by atoms with Crippen LogP contribution in [0.25, 0.3) is 10.9 Å². The Balaban J connectivity index is 1.99. The molecule has 0 saturated carbocycles. The van der Waals surface area contributed by atoms with Gasteiger partial charge in [-0.1, -0.05) is 6.92 Å². The highest BCUT2D eigenvalue weighted by Gasteiger charge is 2.34. The van der Waals surface area contributed by atoms with Crippen LogP contribution in [0.4, 0.5) is 5.95 Å². The van der Waals surface area contributed by atoms with Crippen molar-refractivity contribution < 1.29 is 9.84 Å². The van der Waals surface area contributed by atoms with E-state index in [9.17, 15) is 5.11 Å². The highest BCUT2D eigenvalue weighted by Crippen LogP contribution is 2.34. The van der Waals surface area contributed by atoms with Crippen molar-refractivity contribution in [2.75, 3.05) is 31.7 Å². The maximum absolute atomic E-state index is 9.82. The molecule has 0 spiro atoms. The van der Waals surface area contributed by atoms with E-state index in [1.165, 1.54) is 0 Å². The van der Waals surface area contributed by atoms with Gasteiger partial charge in [0.05, 0.1) is 24.9 Å². The van der Waals surface area contributed by atoms with E-state index in [0.29, 0.717) is 0 Å². The number of aryl methyl sites for hydroxylation is 1. The van der Waals surface area contributed by atoms with Crippen LogP contribution in [-0.2, 0) is 0 Å². The second-order valence-electron chi connectivity index (χ2n) is 6.53. The van der Waals surface area contributed by atoms with Crippen molar-refractivity contribution >= 4 is 16.9 Å². The topological polar surface area (TPSA) is 58.5 Å². The molecular weight excluding hydrogens is 290 g/mol. The lowest BCUT2D eigenvalue weighted by atomic mass is 9.78. The zero-order valence-corrected chi connectivity index (χ0v) is 14.2. The quantitative estimate of drug-likeness (QED) is 0.940. The third-order valence-electron chi connectivity index (χ3n) is 5.11. The van der Waals surface area contributed by atoms with E-state index >= 15 is 0 Å². The third-order valence-corrected chi connectivity index (χ3v) is 5.11. The van der Waals surface area contributed by atoms with Gasteiger partial charge in [-0.2, -0.15) is 0 Å². The number of aliphatic hydroxyl groups excluding tert-OH is 1. The first kappa shape index (κ1) is 16.0. The Morgan fingerprint density at radius 2 is 2.17 bits per heavy atom. The minimum absolute atomic E-state index is 0.0289. The predicted octanol–water partition coefficient (Wildman–Crippen LogP) is 2.94. The summed E-state index contributed by atoms with van der Waals surface area (Å²) in [4.78, 5) is 11.7. The number of anilines is 1. The number of fused-ring (bicyclic) bond motifs is 1. The number of aliphatic hydroxyl groups is 1. The Bertz CT molecular complexity index is 698. The summed E-state index contributed by atoms with van der Waals surface area (Å²) in [5.74, 6) is 1.56. The summed E-state index contributed by atoms with van der Waals surface area (Å²) in [6.45, 7) is 6.14. The van der Waals surface area contributed by atoms with E-state index in [0.717, 1.165) is 60.6 Å². The van der Waals surface area contributed by atoms with Crippen molar-refractivity contribution in [3.8, 4) is 5.75 Å². The molecule has 1 fully saturated rings. The molecule has 0 amide bonds. The average molecular weight is 315 g/mol. The fourth-order valence-electron chi connectivity index (χ4n) is 3.43. The second kappa shape index (κ2) is 6.32. The van der Waals surface area contributed by atoms with Gasteiger partial charge in [-0.05, 0) is 38.3 Å². The summed E-state index contributed by atoms with van der Waals surface area (Å²) in [6.07, 6.45) is 3.10. The number of benzene rings is 1. The molecule has 2 heterocycles. The Labute approximate surface area is 137 Å². The highest BCUT2D eigenvalue weighted by molar-refractivity contribution is 5.83. The van der Waals surface area contributed by atoms with Crippen molar-refractivity contribution in [3.63, 3.8) is 0 Å². The first-order valence-corrected chi connectivity index (χ1v) is 8.29. The number of ether oxygens (including phenoxy) is 1. The molecule has 1 N–H and O–H groups in total. The van der Waals surface area contributed by atoms with Crippen LogP contribution in [-0.4, -0.2) is 41.9 Å². The Morgan fingerprint density at radius 3 is 2.87 bits per heavy atom. The Hall–Kier alpha value is -1.88. The molecule has 5 nitrogen and oxygen atoms in total. The van der Waals surface area contributed by atoms with Crippen molar-refractivity contribution in [1.82, 2.24) is 9.97 Å². The van der Waals surface area contributed by atoms with Gasteiger partial charge in [-0.3, -0.25) is 0 Å². The fraction of sp³-hybridized carbons (Fsp3) is 0.556. The molecule has 1 aliphatic heterocycles. The van der Waals surface area contributed by atoms with Crippen LogP contribution in [0.5, 0.6) is 5.75 Å². The normalized spacial score (nSPS) is 21.7. The van der Waals surface area contributed by atoms with E-state index in [2.05, 4.69) is 11.8 Å². The highest BCUT2D eigenvalue weighted by atomic mass is 16.5. The second-order valence-corrected chi connectivity index (χ2v) is 6.53. The lowest BCUT2D eigenvalue weighted by Crippen LogP contribution is -2.45. The molecule has 23 heavy (non-hydrogen) atoms. The first-order chi connectivity index (χ1) is 11.1. The lowest BCUT2D eigenvalue weighted by molar-refractivity contribution is 0.101. The number of piperidine rings is 1. The van der Waals surface area contributed by atoms with Gasteiger partial charge in [0.15, 0.2) is 0 Å². The average Bonchev–Trinajstić information content (AvgIpc) is 2.61. The number of methoxy groups -OCH3 is 1. The maximum Gasteiger partial charge on any atom is 0.226 e. The fourth-order valence-corrected chi connectivity index (χ4v) is 3.43. The van der Waals surface area contributed by atoms with Crippen LogP contribution in [0.15, 0.2) is 18.2 Å². The van der Waals surface area contributed by atoms with Crippen molar-refractivity contribution in [1.29, 1.82) is 0 Å². The van der Waals surface area contributed by atoms with E-state index in [1.807, 2.05) is 25.1 Å². The third kappa shape index (κ3) is 2.98. The molecule has 5 heteroatoms. The lowest BCUT2D eigenvalue weighted by Gasteiger charge is -2.41. The number of hydrogen-bond donors (Lipinski definition) is 1. The monoisotopic (exact) mass is 315 g/mol.